The number of rotatable bonds is 7. The Morgan fingerprint density at radius 1 is 0.952 bits per heavy atom. The molecule has 0 radical (unpaired) electrons. The van der Waals surface area contributed by atoms with Crippen molar-refractivity contribution >= 4 is 11.4 Å². The second-order valence-corrected chi connectivity index (χ2v) is 5.41. The Hall–Kier alpha value is -1.80. The highest BCUT2D eigenvalue weighted by Gasteiger charge is 2.15. The molecule has 0 aromatic heterocycles. The summed E-state index contributed by atoms with van der Waals surface area (Å²) in [7, 11) is 0. The van der Waals surface area contributed by atoms with Crippen LogP contribution in [0.15, 0.2) is 54.6 Å². The van der Waals surface area contributed by atoms with Gasteiger partial charge in [-0.25, -0.2) is 0 Å². The lowest BCUT2D eigenvalue weighted by Crippen LogP contribution is -2.22. The van der Waals surface area contributed by atoms with Crippen LogP contribution in [0.25, 0.3) is 0 Å². The van der Waals surface area contributed by atoms with E-state index in [-0.39, 0.29) is 6.04 Å². The summed E-state index contributed by atoms with van der Waals surface area (Å²) >= 11 is 0. The van der Waals surface area contributed by atoms with Crippen LogP contribution >= 0.6 is 0 Å². The molecule has 2 nitrogen and oxygen atoms in total. The fraction of sp³-hybridized carbons (Fsp3) is 0.368. The monoisotopic (exact) mass is 282 g/mol. The number of hydrogen-bond acceptors (Lipinski definition) is 2. The number of nitrogens with two attached hydrogens (primary N) is 1. The van der Waals surface area contributed by atoms with Crippen LogP contribution in [0, 0.1) is 0 Å². The molecule has 0 spiro atoms. The second-order valence-electron chi connectivity index (χ2n) is 5.41. The summed E-state index contributed by atoms with van der Waals surface area (Å²) in [4.78, 5) is 2.40. The van der Waals surface area contributed by atoms with Gasteiger partial charge in [0.2, 0.25) is 0 Å². The average Bonchev–Trinajstić information content (AvgIpc) is 2.56. The zero-order valence-corrected chi connectivity index (χ0v) is 13.1. The van der Waals surface area contributed by atoms with Gasteiger partial charge in [0.25, 0.3) is 0 Å². The quantitative estimate of drug-likeness (QED) is 0.771. The van der Waals surface area contributed by atoms with Gasteiger partial charge in [-0.05, 0) is 36.6 Å². The number of benzene rings is 2. The topological polar surface area (TPSA) is 29.3 Å². The molecule has 2 heteroatoms. The summed E-state index contributed by atoms with van der Waals surface area (Å²) in [5.41, 5.74) is 10.0. The van der Waals surface area contributed by atoms with E-state index < -0.39 is 0 Å². The average molecular weight is 282 g/mol. The third kappa shape index (κ3) is 3.85. The van der Waals surface area contributed by atoms with Crippen molar-refractivity contribution in [3.05, 3.63) is 60.2 Å². The van der Waals surface area contributed by atoms with Crippen molar-refractivity contribution in [2.45, 2.75) is 39.2 Å². The van der Waals surface area contributed by atoms with E-state index in [1.54, 1.807) is 0 Å². The minimum absolute atomic E-state index is 0.0917. The highest BCUT2D eigenvalue weighted by molar-refractivity contribution is 5.67. The molecule has 0 aliphatic rings. The Bertz CT molecular complexity index is 536. The molecule has 2 aromatic carbocycles. The Balaban J connectivity index is 2.42. The van der Waals surface area contributed by atoms with Gasteiger partial charge < -0.3 is 10.6 Å². The molecule has 0 heterocycles. The van der Waals surface area contributed by atoms with Crippen molar-refractivity contribution in [1.82, 2.24) is 0 Å². The number of unbranched alkanes of at least 4 members (excludes halogenated alkanes) is 1. The fourth-order valence-electron chi connectivity index (χ4n) is 2.58. The van der Waals surface area contributed by atoms with Crippen LogP contribution in [-0.2, 0) is 0 Å². The first kappa shape index (κ1) is 15.6. The molecule has 112 valence electrons. The van der Waals surface area contributed by atoms with Crippen LogP contribution in [0.5, 0.6) is 0 Å². The fourth-order valence-corrected chi connectivity index (χ4v) is 2.58. The lowest BCUT2D eigenvalue weighted by molar-refractivity contribution is 0.693. The molecule has 2 N–H and O–H groups in total. The van der Waals surface area contributed by atoms with E-state index in [1.165, 1.54) is 29.8 Å². The Morgan fingerprint density at radius 3 is 2.29 bits per heavy atom. The normalized spacial score (nSPS) is 12.1. The standard InChI is InChI=1S/C19H26N2/c1-3-5-15-21(16-11-7-6-8-12-16)19-14-10-9-13-17(19)18(20)4-2/h6-14,18H,3-5,15,20H2,1-2H3/t18-/m1/s1. The van der Waals surface area contributed by atoms with E-state index in [2.05, 4.69) is 73.3 Å². The Kier molecular flexibility index (Phi) is 5.82. The van der Waals surface area contributed by atoms with Gasteiger partial charge in [-0.15, -0.1) is 0 Å². The molecule has 0 aliphatic carbocycles. The highest BCUT2D eigenvalue weighted by atomic mass is 15.1. The van der Waals surface area contributed by atoms with Crippen LogP contribution in [0.4, 0.5) is 11.4 Å². The van der Waals surface area contributed by atoms with Crippen LogP contribution in [0.1, 0.15) is 44.7 Å². The maximum absolute atomic E-state index is 6.31. The van der Waals surface area contributed by atoms with Gasteiger partial charge in [-0.3, -0.25) is 0 Å². The Labute approximate surface area is 128 Å². The van der Waals surface area contributed by atoms with Crippen molar-refractivity contribution in [3.63, 3.8) is 0 Å². The van der Waals surface area contributed by atoms with E-state index in [9.17, 15) is 0 Å². The molecule has 2 aromatic rings. The zero-order valence-electron chi connectivity index (χ0n) is 13.1. The largest absolute Gasteiger partial charge is 0.341 e. The Morgan fingerprint density at radius 2 is 1.62 bits per heavy atom. The SMILES string of the molecule is CCCCN(c1ccccc1)c1ccccc1[C@H](N)CC. The highest BCUT2D eigenvalue weighted by Crippen LogP contribution is 2.32. The van der Waals surface area contributed by atoms with Crippen LogP contribution in [0.3, 0.4) is 0 Å². The molecule has 0 saturated heterocycles. The lowest BCUT2D eigenvalue weighted by Gasteiger charge is -2.29. The maximum Gasteiger partial charge on any atom is 0.0459 e. The summed E-state index contributed by atoms with van der Waals surface area (Å²) in [6.45, 7) is 5.39. The van der Waals surface area contributed by atoms with Crippen LogP contribution in [-0.4, -0.2) is 6.54 Å². The molecule has 0 bridgehead atoms. The van der Waals surface area contributed by atoms with Gasteiger partial charge in [0.05, 0.1) is 0 Å². The minimum atomic E-state index is 0.0917. The third-order valence-electron chi connectivity index (χ3n) is 3.87. The van der Waals surface area contributed by atoms with Gasteiger partial charge in [0.15, 0.2) is 0 Å². The molecule has 0 amide bonds. The lowest BCUT2D eigenvalue weighted by atomic mass is 10.0. The van der Waals surface area contributed by atoms with E-state index in [4.69, 9.17) is 5.73 Å². The van der Waals surface area contributed by atoms with Gasteiger partial charge in [-0.1, -0.05) is 56.7 Å². The summed E-state index contributed by atoms with van der Waals surface area (Å²) in [5, 5.41) is 0. The first-order valence-electron chi connectivity index (χ1n) is 7.95. The van der Waals surface area contributed by atoms with E-state index in [0.717, 1.165) is 13.0 Å². The first-order valence-corrected chi connectivity index (χ1v) is 7.95. The predicted molar refractivity (Wildman–Crippen MR) is 92.0 cm³/mol. The molecule has 21 heavy (non-hydrogen) atoms. The van der Waals surface area contributed by atoms with Crippen molar-refractivity contribution < 1.29 is 0 Å². The maximum atomic E-state index is 6.31. The molecule has 2 rings (SSSR count). The number of para-hydroxylation sites is 2. The molecule has 0 unspecified atom stereocenters. The van der Waals surface area contributed by atoms with Gasteiger partial charge in [-0.2, -0.15) is 0 Å². The number of nitrogens with zero attached hydrogens (tertiary/aromatic N) is 1. The first-order chi connectivity index (χ1) is 10.3. The van der Waals surface area contributed by atoms with Crippen LogP contribution in [0.2, 0.25) is 0 Å². The van der Waals surface area contributed by atoms with Gasteiger partial charge in [0.1, 0.15) is 0 Å². The molecular weight excluding hydrogens is 256 g/mol. The van der Waals surface area contributed by atoms with E-state index in [0.29, 0.717) is 0 Å². The van der Waals surface area contributed by atoms with Gasteiger partial charge >= 0.3 is 0 Å². The minimum Gasteiger partial charge on any atom is -0.341 e. The zero-order chi connectivity index (χ0) is 15.1. The summed E-state index contributed by atoms with van der Waals surface area (Å²) in [6.07, 6.45) is 3.31. The molecular formula is C19H26N2. The number of anilines is 2. The molecule has 1 atom stereocenters. The summed E-state index contributed by atoms with van der Waals surface area (Å²) in [5.74, 6) is 0. The molecule has 0 fully saturated rings. The van der Waals surface area contributed by atoms with Crippen molar-refractivity contribution in [2.24, 2.45) is 5.73 Å². The van der Waals surface area contributed by atoms with E-state index >= 15 is 0 Å². The molecule has 0 aliphatic heterocycles. The van der Waals surface area contributed by atoms with Crippen molar-refractivity contribution in [1.29, 1.82) is 0 Å². The van der Waals surface area contributed by atoms with Crippen LogP contribution < -0.4 is 10.6 Å². The third-order valence-corrected chi connectivity index (χ3v) is 3.87. The summed E-state index contributed by atoms with van der Waals surface area (Å²) < 4.78 is 0. The predicted octanol–water partition coefficient (Wildman–Crippen LogP) is 5.03. The summed E-state index contributed by atoms with van der Waals surface area (Å²) in [6, 6.07) is 19.2. The second kappa shape index (κ2) is 7.84. The van der Waals surface area contributed by atoms with Gasteiger partial charge in [0, 0.05) is 24.0 Å². The van der Waals surface area contributed by atoms with E-state index in [1.807, 2.05) is 0 Å². The number of hydrogen-bond donors (Lipinski definition) is 1. The van der Waals surface area contributed by atoms with Crippen molar-refractivity contribution in [2.75, 3.05) is 11.4 Å². The smallest absolute Gasteiger partial charge is 0.0459 e. The van der Waals surface area contributed by atoms with Crippen molar-refractivity contribution in [3.8, 4) is 0 Å². The molecule has 0 saturated carbocycles.